The summed E-state index contributed by atoms with van der Waals surface area (Å²) in [6.45, 7) is 6.95. The van der Waals surface area contributed by atoms with Gasteiger partial charge < -0.3 is 14.5 Å². The van der Waals surface area contributed by atoms with Crippen molar-refractivity contribution in [1.82, 2.24) is 14.9 Å². The molecule has 0 aliphatic carbocycles. The Balaban J connectivity index is 1.61. The normalized spacial score (nSPS) is 14.5. The molecule has 0 bridgehead atoms. The van der Waals surface area contributed by atoms with Crippen LogP contribution in [0.5, 0.6) is 5.75 Å². The van der Waals surface area contributed by atoms with Gasteiger partial charge in [0, 0.05) is 38.6 Å². The lowest BCUT2D eigenvalue weighted by Gasteiger charge is -2.34. The van der Waals surface area contributed by atoms with Crippen molar-refractivity contribution < 1.29 is 9.53 Å². The first-order chi connectivity index (χ1) is 12.1. The van der Waals surface area contributed by atoms with E-state index < -0.39 is 0 Å². The summed E-state index contributed by atoms with van der Waals surface area (Å²) < 4.78 is 5.34. The Morgan fingerprint density at radius 1 is 1.08 bits per heavy atom. The minimum atomic E-state index is 0.168. The molecule has 1 fully saturated rings. The molecule has 0 saturated carbocycles. The number of methoxy groups -OCH3 is 1. The van der Waals surface area contributed by atoms with Crippen LogP contribution in [0, 0.1) is 13.8 Å². The second-order valence-electron chi connectivity index (χ2n) is 6.34. The highest BCUT2D eigenvalue weighted by molar-refractivity contribution is 5.79. The molecule has 132 valence electrons. The fraction of sp³-hybridized carbons (Fsp3) is 0.421. The molecule has 1 aliphatic heterocycles. The summed E-state index contributed by atoms with van der Waals surface area (Å²) in [4.78, 5) is 25.3. The molecule has 0 spiro atoms. The van der Waals surface area contributed by atoms with Crippen molar-refractivity contribution in [3.63, 3.8) is 0 Å². The first-order valence-corrected chi connectivity index (χ1v) is 8.52. The Morgan fingerprint density at radius 2 is 1.76 bits per heavy atom. The molecule has 1 amide bonds. The largest absolute Gasteiger partial charge is 0.496 e. The Morgan fingerprint density at radius 3 is 2.40 bits per heavy atom. The summed E-state index contributed by atoms with van der Waals surface area (Å²) in [5.74, 6) is 1.77. The Bertz CT molecular complexity index is 741. The van der Waals surface area contributed by atoms with Gasteiger partial charge in [0.25, 0.3) is 0 Å². The first kappa shape index (κ1) is 17.2. The number of carbonyl (C=O) groups is 1. The van der Waals surface area contributed by atoms with Crippen molar-refractivity contribution in [1.29, 1.82) is 0 Å². The second kappa shape index (κ2) is 7.51. The lowest BCUT2D eigenvalue weighted by atomic mass is 10.0. The van der Waals surface area contributed by atoms with Crippen molar-refractivity contribution in [3.8, 4) is 5.75 Å². The van der Waals surface area contributed by atoms with Crippen molar-refractivity contribution in [3.05, 3.63) is 47.3 Å². The van der Waals surface area contributed by atoms with E-state index in [4.69, 9.17) is 4.74 Å². The molecular formula is C19H24N4O2. The fourth-order valence-corrected chi connectivity index (χ4v) is 3.14. The lowest BCUT2D eigenvalue weighted by molar-refractivity contribution is -0.130. The van der Waals surface area contributed by atoms with E-state index >= 15 is 0 Å². The third-order valence-corrected chi connectivity index (χ3v) is 4.66. The van der Waals surface area contributed by atoms with E-state index in [1.54, 1.807) is 19.5 Å². The van der Waals surface area contributed by atoms with Gasteiger partial charge >= 0.3 is 0 Å². The maximum absolute atomic E-state index is 12.7. The number of anilines is 1. The molecule has 1 aromatic carbocycles. The van der Waals surface area contributed by atoms with Crippen molar-refractivity contribution in [2.75, 3.05) is 38.2 Å². The predicted octanol–water partition coefficient (Wildman–Crippen LogP) is 1.99. The van der Waals surface area contributed by atoms with Crippen LogP contribution >= 0.6 is 0 Å². The zero-order valence-electron chi connectivity index (χ0n) is 15.0. The first-order valence-electron chi connectivity index (χ1n) is 8.52. The summed E-state index contributed by atoms with van der Waals surface area (Å²) in [5.41, 5.74) is 3.21. The van der Waals surface area contributed by atoms with Crippen molar-refractivity contribution in [2.24, 2.45) is 0 Å². The van der Waals surface area contributed by atoms with Crippen LogP contribution in [-0.4, -0.2) is 54.1 Å². The number of hydrogen-bond donors (Lipinski definition) is 0. The molecule has 6 nitrogen and oxygen atoms in total. The van der Waals surface area contributed by atoms with E-state index in [9.17, 15) is 4.79 Å². The Kier molecular flexibility index (Phi) is 5.16. The summed E-state index contributed by atoms with van der Waals surface area (Å²) in [7, 11) is 1.67. The molecule has 6 heteroatoms. The van der Waals surface area contributed by atoms with Gasteiger partial charge in [-0.25, -0.2) is 9.97 Å². The maximum Gasteiger partial charge on any atom is 0.227 e. The van der Waals surface area contributed by atoms with Crippen LogP contribution in [0.1, 0.15) is 16.7 Å². The van der Waals surface area contributed by atoms with E-state index in [-0.39, 0.29) is 5.91 Å². The number of nitrogens with zero attached hydrogens (tertiary/aromatic N) is 4. The zero-order valence-corrected chi connectivity index (χ0v) is 15.0. The van der Waals surface area contributed by atoms with Crippen LogP contribution in [0.3, 0.4) is 0 Å². The highest BCUT2D eigenvalue weighted by Crippen LogP contribution is 2.23. The quantitative estimate of drug-likeness (QED) is 0.852. The van der Waals surface area contributed by atoms with Gasteiger partial charge in [-0.05, 0) is 42.7 Å². The highest BCUT2D eigenvalue weighted by atomic mass is 16.5. The van der Waals surface area contributed by atoms with E-state index in [1.807, 2.05) is 30.9 Å². The van der Waals surface area contributed by atoms with E-state index in [0.717, 1.165) is 41.5 Å². The van der Waals surface area contributed by atoms with Crippen LogP contribution < -0.4 is 9.64 Å². The average molecular weight is 340 g/mol. The third-order valence-electron chi connectivity index (χ3n) is 4.66. The fourth-order valence-electron chi connectivity index (χ4n) is 3.14. The molecule has 0 radical (unpaired) electrons. The molecular weight excluding hydrogens is 316 g/mol. The third kappa shape index (κ3) is 3.90. The molecule has 25 heavy (non-hydrogen) atoms. The van der Waals surface area contributed by atoms with Crippen LogP contribution in [0.4, 0.5) is 5.95 Å². The predicted molar refractivity (Wildman–Crippen MR) is 97.0 cm³/mol. The van der Waals surface area contributed by atoms with Gasteiger partial charge in [0.1, 0.15) is 5.75 Å². The Hall–Kier alpha value is -2.63. The van der Waals surface area contributed by atoms with Gasteiger partial charge in [0.05, 0.1) is 13.5 Å². The van der Waals surface area contributed by atoms with E-state index in [1.165, 1.54) is 0 Å². The van der Waals surface area contributed by atoms with Crippen molar-refractivity contribution >= 4 is 11.9 Å². The van der Waals surface area contributed by atoms with Gasteiger partial charge in [-0.15, -0.1) is 0 Å². The monoisotopic (exact) mass is 340 g/mol. The number of piperazine rings is 1. The van der Waals surface area contributed by atoms with Gasteiger partial charge in [0.2, 0.25) is 11.9 Å². The molecule has 0 atom stereocenters. The minimum Gasteiger partial charge on any atom is -0.496 e. The van der Waals surface area contributed by atoms with Gasteiger partial charge in [0.15, 0.2) is 0 Å². The van der Waals surface area contributed by atoms with Gasteiger partial charge in [-0.3, -0.25) is 4.79 Å². The minimum absolute atomic E-state index is 0.168. The number of rotatable bonds is 4. The Labute approximate surface area is 148 Å². The van der Waals surface area contributed by atoms with E-state index in [2.05, 4.69) is 20.9 Å². The highest BCUT2D eigenvalue weighted by Gasteiger charge is 2.23. The standard InChI is InChI=1S/C19H24N4O2/c1-14-12-17(25-3)15(2)11-16(14)13-18(24)22-7-9-23(10-8-22)19-20-5-4-6-21-19/h4-6,11-12H,7-10,13H2,1-3H3. The smallest absolute Gasteiger partial charge is 0.227 e. The summed E-state index contributed by atoms with van der Waals surface area (Å²) >= 11 is 0. The molecule has 0 unspecified atom stereocenters. The zero-order chi connectivity index (χ0) is 17.8. The van der Waals surface area contributed by atoms with E-state index in [0.29, 0.717) is 19.5 Å². The number of ether oxygens (including phenoxy) is 1. The van der Waals surface area contributed by atoms with Gasteiger partial charge in [-0.2, -0.15) is 0 Å². The average Bonchev–Trinajstić information content (AvgIpc) is 2.65. The second-order valence-corrected chi connectivity index (χ2v) is 6.34. The molecule has 0 N–H and O–H groups in total. The van der Waals surface area contributed by atoms with Crippen LogP contribution in [0.25, 0.3) is 0 Å². The number of carbonyl (C=O) groups excluding carboxylic acids is 1. The number of benzene rings is 1. The van der Waals surface area contributed by atoms with Crippen molar-refractivity contribution in [2.45, 2.75) is 20.3 Å². The summed E-state index contributed by atoms with van der Waals surface area (Å²) in [5, 5.41) is 0. The molecule has 1 aliphatic rings. The molecule has 1 saturated heterocycles. The topological polar surface area (TPSA) is 58.6 Å². The SMILES string of the molecule is COc1cc(C)c(CC(=O)N2CCN(c3ncccn3)CC2)cc1C. The number of aryl methyl sites for hydroxylation is 2. The molecule has 2 aromatic rings. The lowest BCUT2D eigenvalue weighted by Crippen LogP contribution is -2.49. The molecule has 2 heterocycles. The maximum atomic E-state index is 12.7. The van der Waals surface area contributed by atoms with Gasteiger partial charge in [-0.1, -0.05) is 6.07 Å². The number of amides is 1. The van der Waals surface area contributed by atoms with Crippen LogP contribution in [0.2, 0.25) is 0 Å². The summed E-state index contributed by atoms with van der Waals surface area (Å²) in [6, 6.07) is 5.87. The number of aromatic nitrogens is 2. The molecule has 1 aromatic heterocycles. The number of hydrogen-bond acceptors (Lipinski definition) is 5. The molecule has 3 rings (SSSR count). The van der Waals surface area contributed by atoms with Crippen LogP contribution in [0.15, 0.2) is 30.6 Å². The summed E-state index contributed by atoms with van der Waals surface area (Å²) in [6.07, 6.45) is 3.92. The van der Waals surface area contributed by atoms with Crippen LogP contribution in [-0.2, 0) is 11.2 Å².